The highest BCUT2D eigenvalue weighted by atomic mass is 19.4. The van der Waals surface area contributed by atoms with Crippen LogP contribution in [-0.4, -0.2) is 29.5 Å². The molecule has 5 nitrogen and oxygen atoms in total. The van der Waals surface area contributed by atoms with Crippen LogP contribution in [0.3, 0.4) is 0 Å². The lowest BCUT2D eigenvalue weighted by molar-refractivity contribution is -0.137. The molecule has 0 spiro atoms. The first kappa shape index (κ1) is 19.5. The molecule has 3 aromatic rings. The van der Waals surface area contributed by atoms with Gasteiger partial charge in [-0.1, -0.05) is 12.1 Å². The van der Waals surface area contributed by atoms with Crippen LogP contribution in [0.15, 0.2) is 54.6 Å². The summed E-state index contributed by atoms with van der Waals surface area (Å²) in [5, 5.41) is 4.25. The Labute approximate surface area is 159 Å². The second-order valence-electron chi connectivity index (χ2n) is 5.79. The Morgan fingerprint density at radius 1 is 1.11 bits per heavy atom. The molecule has 0 saturated heterocycles. The highest BCUT2D eigenvalue weighted by Gasteiger charge is 2.30. The van der Waals surface area contributed by atoms with Crippen LogP contribution in [-0.2, 0) is 10.9 Å². The number of alkyl halides is 3. The fraction of sp³-hybridized carbons (Fsp3) is 0.200. The van der Waals surface area contributed by atoms with Crippen LogP contribution in [0.5, 0.6) is 5.75 Å². The van der Waals surface area contributed by atoms with E-state index in [1.54, 1.807) is 31.2 Å². The third kappa shape index (κ3) is 3.85. The number of carbonyl (C=O) groups is 1. The zero-order valence-corrected chi connectivity index (χ0v) is 15.2. The summed E-state index contributed by atoms with van der Waals surface area (Å²) < 4.78 is 50.3. The lowest BCUT2D eigenvalue weighted by Gasteiger charge is -2.12. The van der Waals surface area contributed by atoms with Crippen LogP contribution in [0, 0.1) is 0 Å². The van der Waals surface area contributed by atoms with Crippen molar-refractivity contribution in [3.05, 3.63) is 65.9 Å². The molecule has 1 aromatic heterocycles. The van der Waals surface area contributed by atoms with Crippen molar-refractivity contribution in [3.63, 3.8) is 0 Å². The van der Waals surface area contributed by atoms with Gasteiger partial charge in [-0.3, -0.25) is 0 Å². The van der Waals surface area contributed by atoms with E-state index >= 15 is 0 Å². The molecule has 0 bridgehead atoms. The quantitative estimate of drug-likeness (QED) is 0.591. The Hall–Kier alpha value is -3.29. The van der Waals surface area contributed by atoms with Crippen molar-refractivity contribution in [2.75, 3.05) is 13.7 Å². The number of para-hydroxylation sites is 1. The van der Waals surface area contributed by atoms with E-state index in [1.807, 2.05) is 0 Å². The summed E-state index contributed by atoms with van der Waals surface area (Å²) in [6.45, 7) is 1.85. The number of rotatable bonds is 5. The molecule has 0 saturated carbocycles. The van der Waals surface area contributed by atoms with E-state index in [4.69, 9.17) is 9.47 Å². The van der Waals surface area contributed by atoms with Gasteiger partial charge in [0.2, 0.25) is 0 Å². The molecule has 2 aromatic carbocycles. The average Bonchev–Trinajstić information content (AvgIpc) is 3.13. The van der Waals surface area contributed by atoms with Gasteiger partial charge in [0.15, 0.2) is 5.69 Å². The van der Waals surface area contributed by atoms with E-state index < -0.39 is 17.7 Å². The standard InChI is InChI=1S/C20H17F3N2O3/c1-3-28-19(26)16-12-17(15-6-4-5-7-18(15)27-2)25(24-16)14-10-8-13(9-11-14)20(21,22)23/h4-12H,3H2,1-2H3. The van der Waals surface area contributed by atoms with Crippen LogP contribution < -0.4 is 4.74 Å². The van der Waals surface area contributed by atoms with Crippen LogP contribution in [0.4, 0.5) is 13.2 Å². The Morgan fingerprint density at radius 3 is 2.39 bits per heavy atom. The molecule has 3 rings (SSSR count). The molecular weight excluding hydrogens is 373 g/mol. The van der Waals surface area contributed by atoms with Crippen molar-refractivity contribution in [1.29, 1.82) is 0 Å². The molecular formula is C20H17F3N2O3. The normalized spacial score (nSPS) is 11.3. The first-order valence-corrected chi connectivity index (χ1v) is 8.43. The number of ether oxygens (including phenoxy) is 2. The fourth-order valence-corrected chi connectivity index (χ4v) is 2.72. The minimum absolute atomic E-state index is 0.0441. The number of esters is 1. The number of nitrogens with zero attached hydrogens (tertiary/aromatic N) is 2. The van der Waals surface area contributed by atoms with Gasteiger partial charge in [-0.25, -0.2) is 9.48 Å². The van der Waals surface area contributed by atoms with E-state index in [0.29, 0.717) is 22.7 Å². The number of hydrogen-bond acceptors (Lipinski definition) is 4. The van der Waals surface area contributed by atoms with Crippen molar-refractivity contribution in [3.8, 4) is 22.7 Å². The molecule has 0 unspecified atom stereocenters. The van der Waals surface area contributed by atoms with E-state index in [0.717, 1.165) is 12.1 Å². The molecule has 0 aliphatic heterocycles. The van der Waals surface area contributed by atoms with E-state index in [2.05, 4.69) is 5.10 Å². The minimum atomic E-state index is -4.44. The van der Waals surface area contributed by atoms with Crippen LogP contribution >= 0.6 is 0 Å². The zero-order chi connectivity index (χ0) is 20.3. The van der Waals surface area contributed by atoms with Gasteiger partial charge in [0.25, 0.3) is 0 Å². The van der Waals surface area contributed by atoms with Crippen molar-refractivity contribution in [2.45, 2.75) is 13.1 Å². The lowest BCUT2D eigenvalue weighted by atomic mass is 10.1. The monoisotopic (exact) mass is 390 g/mol. The molecule has 8 heteroatoms. The summed E-state index contributed by atoms with van der Waals surface area (Å²) >= 11 is 0. The molecule has 0 atom stereocenters. The topological polar surface area (TPSA) is 53.4 Å². The molecule has 1 heterocycles. The summed E-state index contributed by atoms with van der Waals surface area (Å²) in [4.78, 5) is 12.1. The fourth-order valence-electron chi connectivity index (χ4n) is 2.72. The first-order valence-electron chi connectivity index (χ1n) is 8.43. The molecule has 0 N–H and O–H groups in total. The minimum Gasteiger partial charge on any atom is -0.496 e. The predicted molar refractivity (Wildman–Crippen MR) is 96.5 cm³/mol. The predicted octanol–water partition coefficient (Wildman–Crippen LogP) is 4.74. The van der Waals surface area contributed by atoms with Crippen molar-refractivity contribution in [1.82, 2.24) is 9.78 Å². The third-order valence-corrected chi connectivity index (χ3v) is 4.02. The zero-order valence-electron chi connectivity index (χ0n) is 15.2. The summed E-state index contributed by atoms with van der Waals surface area (Å²) in [6, 6.07) is 13.1. The van der Waals surface area contributed by atoms with Gasteiger partial charge in [-0.2, -0.15) is 18.3 Å². The summed E-state index contributed by atoms with van der Waals surface area (Å²) in [6.07, 6.45) is -4.44. The summed E-state index contributed by atoms with van der Waals surface area (Å²) in [7, 11) is 1.50. The van der Waals surface area contributed by atoms with Gasteiger partial charge < -0.3 is 9.47 Å². The van der Waals surface area contributed by atoms with Crippen molar-refractivity contribution in [2.24, 2.45) is 0 Å². The van der Waals surface area contributed by atoms with Crippen molar-refractivity contribution >= 4 is 5.97 Å². The number of hydrogen-bond donors (Lipinski definition) is 0. The number of carbonyl (C=O) groups excluding carboxylic acids is 1. The number of halogens is 3. The Bertz CT molecular complexity index is 979. The second-order valence-corrected chi connectivity index (χ2v) is 5.79. The first-order chi connectivity index (χ1) is 13.3. The van der Waals surface area contributed by atoms with Crippen LogP contribution in [0.1, 0.15) is 23.0 Å². The van der Waals surface area contributed by atoms with Gasteiger partial charge in [0.05, 0.1) is 30.7 Å². The van der Waals surface area contributed by atoms with E-state index in [1.165, 1.54) is 30.0 Å². The summed E-state index contributed by atoms with van der Waals surface area (Å²) in [5.74, 6) is -0.0877. The average molecular weight is 390 g/mol. The smallest absolute Gasteiger partial charge is 0.416 e. The Balaban J connectivity index is 2.15. The lowest BCUT2D eigenvalue weighted by Crippen LogP contribution is -2.08. The molecule has 28 heavy (non-hydrogen) atoms. The number of aromatic nitrogens is 2. The number of benzene rings is 2. The van der Waals surface area contributed by atoms with Crippen LogP contribution in [0.2, 0.25) is 0 Å². The molecule has 0 aliphatic carbocycles. The molecule has 0 amide bonds. The van der Waals surface area contributed by atoms with Gasteiger partial charge in [-0.15, -0.1) is 0 Å². The Kier molecular flexibility index (Phi) is 5.39. The maximum atomic E-state index is 12.9. The third-order valence-electron chi connectivity index (χ3n) is 4.02. The SMILES string of the molecule is CCOC(=O)c1cc(-c2ccccc2OC)n(-c2ccc(C(F)(F)F)cc2)n1. The van der Waals surface area contributed by atoms with Gasteiger partial charge >= 0.3 is 12.1 Å². The second kappa shape index (κ2) is 7.75. The highest BCUT2D eigenvalue weighted by molar-refractivity contribution is 5.89. The van der Waals surface area contributed by atoms with E-state index in [-0.39, 0.29) is 12.3 Å². The molecule has 146 valence electrons. The Morgan fingerprint density at radius 2 is 1.79 bits per heavy atom. The maximum Gasteiger partial charge on any atom is 0.416 e. The van der Waals surface area contributed by atoms with Crippen LogP contribution in [0.25, 0.3) is 16.9 Å². The van der Waals surface area contributed by atoms with Gasteiger partial charge in [-0.05, 0) is 49.4 Å². The molecule has 0 fully saturated rings. The van der Waals surface area contributed by atoms with Gasteiger partial charge in [0.1, 0.15) is 5.75 Å². The number of methoxy groups -OCH3 is 1. The highest BCUT2D eigenvalue weighted by Crippen LogP contribution is 2.33. The van der Waals surface area contributed by atoms with Gasteiger partial charge in [0, 0.05) is 5.56 Å². The largest absolute Gasteiger partial charge is 0.496 e. The van der Waals surface area contributed by atoms with E-state index in [9.17, 15) is 18.0 Å². The van der Waals surface area contributed by atoms with Crippen molar-refractivity contribution < 1.29 is 27.4 Å². The summed E-state index contributed by atoms with van der Waals surface area (Å²) in [5.41, 5.74) is 0.758. The molecule has 0 aliphatic rings. The maximum absolute atomic E-state index is 12.9. The molecule has 0 radical (unpaired) electrons.